The smallest absolute Gasteiger partial charge is 0.347 e. The van der Waals surface area contributed by atoms with Gasteiger partial charge in [0.2, 0.25) is 0 Å². The molecular weight excluding hydrogens is 286 g/mol. The Labute approximate surface area is 130 Å². The number of ether oxygens (including phenoxy) is 2. The van der Waals surface area contributed by atoms with Crippen LogP contribution in [-0.2, 0) is 25.6 Å². The Kier molecular flexibility index (Phi) is 7.15. The second-order valence-electron chi connectivity index (χ2n) is 4.31. The highest BCUT2D eigenvalue weighted by Gasteiger charge is 2.25. The number of nitrogens with one attached hydrogen (secondary N) is 1. The molecule has 0 spiro atoms. The lowest BCUT2D eigenvalue weighted by atomic mass is 10.1. The van der Waals surface area contributed by atoms with Crippen LogP contribution in [0.1, 0.15) is 34.1 Å². The third-order valence-electron chi connectivity index (χ3n) is 2.91. The summed E-state index contributed by atoms with van der Waals surface area (Å²) in [5, 5.41) is 7.23. The van der Waals surface area contributed by atoms with Crippen LogP contribution in [0, 0.1) is 0 Å². The van der Waals surface area contributed by atoms with Crippen molar-refractivity contribution in [2.24, 2.45) is 0 Å². The summed E-state index contributed by atoms with van der Waals surface area (Å²) < 4.78 is 11.7. The summed E-state index contributed by atoms with van der Waals surface area (Å²) in [7, 11) is 0. The summed E-state index contributed by atoms with van der Waals surface area (Å²) in [6.07, 6.45) is 2.09. The molecule has 0 atom stereocenters. The van der Waals surface area contributed by atoms with Crippen molar-refractivity contribution in [3.8, 4) is 0 Å². The van der Waals surface area contributed by atoms with E-state index in [4.69, 9.17) is 9.47 Å². The first-order chi connectivity index (χ1) is 10.6. The van der Waals surface area contributed by atoms with Gasteiger partial charge in [0, 0.05) is 18.3 Å². The Morgan fingerprint density at radius 2 is 1.73 bits per heavy atom. The Bertz CT molecular complexity index is 529. The van der Waals surface area contributed by atoms with E-state index in [-0.39, 0.29) is 18.8 Å². The fourth-order valence-electron chi connectivity index (χ4n) is 1.91. The van der Waals surface area contributed by atoms with Gasteiger partial charge in [-0.2, -0.15) is 5.10 Å². The van der Waals surface area contributed by atoms with Crippen molar-refractivity contribution >= 4 is 17.8 Å². The maximum Gasteiger partial charge on any atom is 0.347 e. The molecule has 1 heterocycles. The lowest BCUT2D eigenvalue weighted by Crippen LogP contribution is -2.23. The van der Waals surface area contributed by atoms with E-state index < -0.39 is 11.9 Å². The number of aromatic nitrogens is 2. The molecule has 0 fully saturated rings. The molecule has 1 aromatic rings. The molecule has 0 unspecified atom stereocenters. The van der Waals surface area contributed by atoms with Crippen LogP contribution in [0.5, 0.6) is 0 Å². The Hall–Kier alpha value is -2.31. The second kappa shape index (κ2) is 8.86. The number of anilines is 1. The molecule has 1 rings (SSSR count). The summed E-state index contributed by atoms with van der Waals surface area (Å²) in [6, 6.07) is 1.77. The highest BCUT2D eigenvalue weighted by molar-refractivity contribution is 6.15. The monoisotopic (exact) mass is 309 g/mol. The minimum atomic E-state index is -0.687. The highest BCUT2D eigenvalue weighted by atomic mass is 16.6. The Balaban J connectivity index is 3.19. The first-order valence-electron chi connectivity index (χ1n) is 7.45. The largest absolute Gasteiger partial charge is 0.462 e. The summed E-state index contributed by atoms with van der Waals surface area (Å²) in [5.41, 5.74) is 0.349. The van der Waals surface area contributed by atoms with Gasteiger partial charge in [-0.15, -0.1) is 0 Å². The van der Waals surface area contributed by atoms with Gasteiger partial charge in [-0.1, -0.05) is 6.92 Å². The molecule has 0 radical (unpaired) electrons. The van der Waals surface area contributed by atoms with E-state index in [1.54, 1.807) is 30.8 Å². The van der Waals surface area contributed by atoms with Crippen molar-refractivity contribution in [3.05, 3.63) is 23.5 Å². The SMILES string of the molecule is CCOC(=O)C(C(=O)OCC)=C(CC)Nc1ccnn1CC. The van der Waals surface area contributed by atoms with Gasteiger partial charge < -0.3 is 14.8 Å². The van der Waals surface area contributed by atoms with Crippen LogP contribution in [0.2, 0.25) is 0 Å². The fourth-order valence-corrected chi connectivity index (χ4v) is 1.91. The van der Waals surface area contributed by atoms with E-state index in [0.29, 0.717) is 24.5 Å². The highest BCUT2D eigenvalue weighted by Crippen LogP contribution is 2.17. The van der Waals surface area contributed by atoms with Gasteiger partial charge in [0.25, 0.3) is 0 Å². The molecule has 1 N–H and O–H groups in total. The molecule has 22 heavy (non-hydrogen) atoms. The predicted molar refractivity (Wildman–Crippen MR) is 82.1 cm³/mol. The molecule has 7 heteroatoms. The molecule has 122 valence electrons. The number of nitrogens with zero attached hydrogens (tertiary/aromatic N) is 2. The minimum absolute atomic E-state index is 0.102. The third-order valence-corrected chi connectivity index (χ3v) is 2.91. The number of carbonyl (C=O) groups is 2. The molecule has 0 aliphatic carbocycles. The van der Waals surface area contributed by atoms with Gasteiger partial charge in [-0.3, -0.25) is 0 Å². The number of carbonyl (C=O) groups excluding carboxylic acids is 2. The van der Waals surface area contributed by atoms with Crippen molar-refractivity contribution in [2.45, 2.75) is 40.7 Å². The first-order valence-corrected chi connectivity index (χ1v) is 7.45. The van der Waals surface area contributed by atoms with E-state index in [0.717, 1.165) is 0 Å². The molecule has 0 bridgehead atoms. The summed E-state index contributed by atoms with van der Waals surface area (Å²) in [5.74, 6) is -0.675. The van der Waals surface area contributed by atoms with E-state index in [1.807, 2.05) is 13.8 Å². The van der Waals surface area contributed by atoms with Crippen LogP contribution in [0.3, 0.4) is 0 Å². The van der Waals surface area contributed by atoms with Crippen LogP contribution in [0.4, 0.5) is 5.82 Å². The zero-order chi connectivity index (χ0) is 16.5. The Morgan fingerprint density at radius 3 is 2.18 bits per heavy atom. The van der Waals surface area contributed by atoms with Crippen LogP contribution in [0.15, 0.2) is 23.5 Å². The number of allylic oxidation sites excluding steroid dienone is 1. The van der Waals surface area contributed by atoms with Gasteiger partial charge in [-0.25, -0.2) is 14.3 Å². The van der Waals surface area contributed by atoms with Crippen LogP contribution in [-0.4, -0.2) is 34.9 Å². The lowest BCUT2D eigenvalue weighted by Gasteiger charge is -2.15. The number of rotatable bonds is 8. The van der Waals surface area contributed by atoms with Gasteiger partial charge in [0.15, 0.2) is 5.57 Å². The van der Waals surface area contributed by atoms with Crippen molar-refractivity contribution in [1.82, 2.24) is 9.78 Å². The van der Waals surface area contributed by atoms with Gasteiger partial charge in [0.05, 0.1) is 19.4 Å². The molecular formula is C15H23N3O4. The van der Waals surface area contributed by atoms with Crippen molar-refractivity contribution in [2.75, 3.05) is 18.5 Å². The quantitative estimate of drug-likeness (QED) is 0.343. The molecule has 0 aliphatic rings. The summed E-state index contributed by atoms with van der Waals surface area (Å²) in [4.78, 5) is 24.2. The van der Waals surface area contributed by atoms with Crippen LogP contribution >= 0.6 is 0 Å². The third kappa shape index (κ3) is 4.34. The van der Waals surface area contributed by atoms with Crippen molar-refractivity contribution < 1.29 is 19.1 Å². The minimum Gasteiger partial charge on any atom is -0.462 e. The van der Waals surface area contributed by atoms with Crippen molar-refractivity contribution in [1.29, 1.82) is 0 Å². The number of aryl methyl sites for hydroxylation is 1. The molecule has 7 nitrogen and oxygen atoms in total. The van der Waals surface area contributed by atoms with Gasteiger partial charge >= 0.3 is 11.9 Å². The molecule has 0 aliphatic heterocycles. The second-order valence-corrected chi connectivity index (χ2v) is 4.31. The van der Waals surface area contributed by atoms with Crippen LogP contribution in [0.25, 0.3) is 0 Å². The molecule has 0 saturated heterocycles. The average molecular weight is 309 g/mol. The maximum absolute atomic E-state index is 12.1. The van der Waals surface area contributed by atoms with Gasteiger partial charge in [-0.05, 0) is 27.2 Å². The number of esters is 2. The fraction of sp³-hybridized carbons (Fsp3) is 0.533. The predicted octanol–water partition coefficient (Wildman–Crippen LogP) is 2.11. The maximum atomic E-state index is 12.1. The summed E-state index contributed by atoms with van der Waals surface area (Å²) >= 11 is 0. The topological polar surface area (TPSA) is 82.5 Å². The van der Waals surface area contributed by atoms with Crippen molar-refractivity contribution in [3.63, 3.8) is 0 Å². The van der Waals surface area contributed by atoms with E-state index >= 15 is 0 Å². The number of hydrogen-bond donors (Lipinski definition) is 1. The molecule has 1 aromatic heterocycles. The average Bonchev–Trinajstić information content (AvgIpc) is 2.94. The van der Waals surface area contributed by atoms with E-state index in [9.17, 15) is 9.59 Å². The molecule has 0 amide bonds. The lowest BCUT2D eigenvalue weighted by molar-refractivity contribution is -0.146. The summed E-state index contributed by atoms with van der Waals surface area (Å²) in [6.45, 7) is 8.20. The molecule has 0 aromatic carbocycles. The Morgan fingerprint density at radius 1 is 1.14 bits per heavy atom. The standard InChI is InChI=1S/C15H23N3O4/c1-5-11(17-12-9-10-16-18(12)6-2)13(14(19)21-7-3)15(20)22-8-4/h9-10,17H,5-8H2,1-4H3. The van der Waals surface area contributed by atoms with Crippen LogP contribution < -0.4 is 5.32 Å². The first kappa shape index (κ1) is 17.7. The van der Waals surface area contributed by atoms with Gasteiger partial charge in [0.1, 0.15) is 5.82 Å². The zero-order valence-electron chi connectivity index (χ0n) is 13.5. The molecule has 0 saturated carbocycles. The normalized spacial score (nSPS) is 10.0. The van der Waals surface area contributed by atoms with E-state index in [2.05, 4.69) is 10.4 Å². The number of hydrogen-bond acceptors (Lipinski definition) is 6. The van der Waals surface area contributed by atoms with E-state index in [1.165, 1.54) is 0 Å². The zero-order valence-corrected chi connectivity index (χ0v) is 13.5.